The van der Waals surface area contributed by atoms with Crippen molar-refractivity contribution in [3.63, 3.8) is 0 Å². The molecule has 1 amide bonds. The summed E-state index contributed by atoms with van der Waals surface area (Å²) in [5, 5.41) is 14.0. The SMILES string of the molecule is CCc1ccc([C@@H](C)NC(=O)[C@@H](CC)N(c2cccc([N+](=O)[O-])c2)S(C)(=O)=O)cc1. The molecule has 0 heterocycles. The fourth-order valence-electron chi connectivity index (χ4n) is 3.24. The molecule has 0 radical (unpaired) electrons. The Morgan fingerprint density at radius 1 is 1.17 bits per heavy atom. The van der Waals surface area contributed by atoms with Crippen LogP contribution in [0.2, 0.25) is 0 Å². The number of aryl methyl sites for hydroxylation is 1. The van der Waals surface area contributed by atoms with Gasteiger partial charge in [-0.05, 0) is 37.0 Å². The van der Waals surface area contributed by atoms with E-state index in [0.717, 1.165) is 28.6 Å². The van der Waals surface area contributed by atoms with E-state index >= 15 is 0 Å². The van der Waals surface area contributed by atoms with Crippen molar-refractivity contribution in [3.8, 4) is 0 Å². The van der Waals surface area contributed by atoms with Crippen molar-refractivity contribution >= 4 is 27.3 Å². The maximum absolute atomic E-state index is 13.0. The highest BCUT2D eigenvalue weighted by Crippen LogP contribution is 2.27. The van der Waals surface area contributed by atoms with Gasteiger partial charge in [0.05, 0.1) is 22.9 Å². The second kappa shape index (κ2) is 9.71. The molecular formula is C21H27N3O5S. The third-order valence-electron chi connectivity index (χ3n) is 4.87. The molecule has 2 rings (SSSR count). The lowest BCUT2D eigenvalue weighted by molar-refractivity contribution is -0.384. The van der Waals surface area contributed by atoms with Crippen molar-refractivity contribution in [2.75, 3.05) is 10.6 Å². The summed E-state index contributed by atoms with van der Waals surface area (Å²) >= 11 is 0. The molecule has 30 heavy (non-hydrogen) atoms. The van der Waals surface area contributed by atoms with Crippen LogP contribution in [-0.2, 0) is 21.2 Å². The Labute approximate surface area is 177 Å². The number of nitro groups is 1. The van der Waals surface area contributed by atoms with Gasteiger partial charge in [0, 0.05) is 12.1 Å². The quantitative estimate of drug-likeness (QED) is 0.480. The van der Waals surface area contributed by atoms with Gasteiger partial charge in [-0.15, -0.1) is 0 Å². The Balaban J connectivity index is 2.33. The molecule has 0 aliphatic heterocycles. The monoisotopic (exact) mass is 433 g/mol. The standard InChI is InChI=1S/C21H27N3O5S/c1-5-16-10-12-17(13-11-16)15(3)22-21(25)20(6-2)23(30(4,28)29)18-8-7-9-19(14-18)24(26)27/h7-15,20H,5-6H2,1-4H3,(H,22,25)/t15-,20-/m1/s1. The number of sulfonamides is 1. The van der Waals surface area contributed by atoms with E-state index in [0.29, 0.717) is 0 Å². The predicted molar refractivity (Wildman–Crippen MR) is 117 cm³/mol. The maximum atomic E-state index is 13.0. The largest absolute Gasteiger partial charge is 0.348 e. The summed E-state index contributed by atoms with van der Waals surface area (Å²) < 4.78 is 26.0. The Bertz CT molecular complexity index is 1010. The van der Waals surface area contributed by atoms with Crippen molar-refractivity contribution in [1.29, 1.82) is 0 Å². The molecule has 9 heteroatoms. The Morgan fingerprint density at radius 3 is 2.30 bits per heavy atom. The normalized spacial score (nSPS) is 13.3. The van der Waals surface area contributed by atoms with Gasteiger partial charge in [0.15, 0.2) is 0 Å². The number of non-ortho nitro benzene ring substituents is 1. The third kappa shape index (κ3) is 5.56. The number of amides is 1. The average molecular weight is 434 g/mol. The van der Waals surface area contributed by atoms with Crippen molar-refractivity contribution < 1.29 is 18.1 Å². The molecule has 0 fully saturated rings. The number of nitrogens with zero attached hydrogens (tertiary/aromatic N) is 2. The van der Waals surface area contributed by atoms with Crippen molar-refractivity contribution in [2.45, 2.75) is 45.7 Å². The van der Waals surface area contributed by atoms with Crippen LogP contribution in [0.3, 0.4) is 0 Å². The summed E-state index contributed by atoms with van der Waals surface area (Å²) in [6.45, 7) is 5.57. The Kier molecular flexibility index (Phi) is 7.55. The first-order chi connectivity index (χ1) is 14.1. The Morgan fingerprint density at radius 2 is 1.80 bits per heavy atom. The van der Waals surface area contributed by atoms with Gasteiger partial charge in [0.2, 0.25) is 15.9 Å². The van der Waals surface area contributed by atoms with Crippen LogP contribution >= 0.6 is 0 Å². The first kappa shape index (κ1) is 23.3. The second-order valence-electron chi connectivity index (χ2n) is 7.09. The van der Waals surface area contributed by atoms with Gasteiger partial charge in [-0.3, -0.25) is 19.2 Å². The minimum atomic E-state index is -3.88. The molecule has 0 bridgehead atoms. The molecule has 0 saturated heterocycles. The molecule has 2 atom stereocenters. The molecule has 0 saturated carbocycles. The lowest BCUT2D eigenvalue weighted by atomic mass is 10.0. The topological polar surface area (TPSA) is 110 Å². The number of carbonyl (C=O) groups excluding carboxylic acids is 1. The summed E-state index contributed by atoms with van der Waals surface area (Å²) in [5.74, 6) is -0.471. The van der Waals surface area contributed by atoms with E-state index in [-0.39, 0.29) is 23.8 Å². The van der Waals surface area contributed by atoms with Crippen LogP contribution in [0.15, 0.2) is 48.5 Å². The van der Waals surface area contributed by atoms with Gasteiger partial charge >= 0.3 is 0 Å². The van der Waals surface area contributed by atoms with Crippen LogP contribution in [0.25, 0.3) is 0 Å². The van der Waals surface area contributed by atoms with Gasteiger partial charge < -0.3 is 5.32 Å². The van der Waals surface area contributed by atoms with Gasteiger partial charge in [0.1, 0.15) is 6.04 Å². The van der Waals surface area contributed by atoms with Crippen molar-refractivity contribution in [2.24, 2.45) is 0 Å². The Hall–Kier alpha value is -2.94. The number of carbonyl (C=O) groups is 1. The van der Waals surface area contributed by atoms with Crippen molar-refractivity contribution in [3.05, 3.63) is 69.8 Å². The van der Waals surface area contributed by atoms with Crippen LogP contribution in [0, 0.1) is 10.1 Å². The fraction of sp³-hybridized carbons (Fsp3) is 0.381. The minimum Gasteiger partial charge on any atom is -0.348 e. The van der Waals surface area contributed by atoms with Crippen LogP contribution in [0.4, 0.5) is 11.4 Å². The molecular weight excluding hydrogens is 406 g/mol. The van der Waals surface area contributed by atoms with Crippen LogP contribution in [0.5, 0.6) is 0 Å². The van der Waals surface area contributed by atoms with Gasteiger partial charge in [-0.1, -0.05) is 44.2 Å². The van der Waals surface area contributed by atoms with E-state index < -0.39 is 26.9 Å². The van der Waals surface area contributed by atoms with E-state index in [1.807, 2.05) is 31.2 Å². The summed E-state index contributed by atoms with van der Waals surface area (Å²) in [4.78, 5) is 23.5. The molecule has 0 unspecified atom stereocenters. The van der Waals surface area contributed by atoms with Crippen molar-refractivity contribution in [1.82, 2.24) is 5.32 Å². The van der Waals surface area contributed by atoms with E-state index in [1.54, 1.807) is 6.92 Å². The number of hydrogen-bond acceptors (Lipinski definition) is 5. The first-order valence-electron chi connectivity index (χ1n) is 9.71. The molecule has 1 N–H and O–H groups in total. The number of benzene rings is 2. The number of nitro benzene ring substituents is 1. The molecule has 2 aromatic rings. The highest BCUT2D eigenvalue weighted by atomic mass is 32.2. The minimum absolute atomic E-state index is 0.0775. The van der Waals surface area contributed by atoms with Gasteiger partial charge in [-0.2, -0.15) is 0 Å². The van der Waals surface area contributed by atoms with Crippen LogP contribution < -0.4 is 9.62 Å². The fourth-order valence-corrected chi connectivity index (χ4v) is 4.44. The zero-order valence-electron chi connectivity index (χ0n) is 17.5. The average Bonchev–Trinajstić information content (AvgIpc) is 2.70. The van der Waals surface area contributed by atoms with Crippen LogP contribution in [0.1, 0.15) is 44.4 Å². The van der Waals surface area contributed by atoms with E-state index in [1.165, 1.54) is 23.8 Å². The lowest BCUT2D eigenvalue weighted by Crippen LogP contribution is -2.49. The summed E-state index contributed by atoms with van der Waals surface area (Å²) in [5.41, 5.74) is 1.91. The molecule has 2 aromatic carbocycles. The van der Waals surface area contributed by atoms with E-state index in [4.69, 9.17) is 0 Å². The maximum Gasteiger partial charge on any atom is 0.271 e. The number of anilines is 1. The molecule has 0 spiro atoms. The highest BCUT2D eigenvalue weighted by molar-refractivity contribution is 7.92. The molecule has 8 nitrogen and oxygen atoms in total. The van der Waals surface area contributed by atoms with Gasteiger partial charge in [-0.25, -0.2) is 8.42 Å². The summed E-state index contributed by atoms with van der Waals surface area (Å²) in [7, 11) is -3.88. The van der Waals surface area contributed by atoms with E-state index in [9.17, 15) is 23.3 Å². The number of hydrogen-bond donors (Lipinski definition) is 1. The smallest absolute Gasteiger partial charge is 0.271 e. The second-order valence-corrected chi connectivity index (χ2v) is 8.94. The highest BCUT2D eigenvalue weighted by Gasteiger charge is 2.32. The zero-order valence-corrected chi connectivity index (χ0v) is 18.3. The molecule has 162 valence electrons. The molecule has 0 aliphatic carbocycles. The molecule has 0 aliphatic rings. The van der Waals surface area contributed by atoms with Gasteiger partial charge in [0.25, 0.3) is 5.69 Å². The first-order valence-corrected chi connectivity index (χ1v) is 11.6. The zero-order chi connectivity index (χ0) is 22.5. The summed E-state index contributed by atoms with van der Waals surface area (Å²) in [6, 6.07) is 11.7. The van der Waals surface area contributed by atoms with E-state index in [2.05, 4.69) is 12.2 Å². The lowest BCUT2D eigenvalue weighted by Gasteiger charge is -2.31. The predicted octanol–water partition coefficient (Wildman–Crippen LogP) is 3.58. The number of rotatable bonds is 9. The third-order valence-corrected chi connectivity index (χ3v) is 6.05. The van der Waals surface area contributed by atoms with Crippen LogP contribution in [-0.4, -0.2) is 31.5 Å². The number of nitrogens with one attached hydrogen (secondary N) is 1. The molecule has 0 aromatic heterocycles. The summed E-state index contributed by atoms with van der Waals surface area (Å²) in [6.07, 6.45) is 2.09.